The molecule has 0 N–H and O–H groups in total. The van der Waals surface area contributed by atoms with Gasteiger partial charge in [-0.1, -0.05) is 61.4 Å². The molecule has 146 valence electrons. The Balaban J connectivity index is 2.40. The van der Waals surface area contributed by atoms with Crippen molar-refractivity contribution in [2.45, 2.75) is 40.5 Å². The summed E-state index contributed by atoms with van der Waals surface area (Å²) >= 11 is 0. The van der Waals surface area contributed by atoms with E-state index in [1.165, 1.54) is 0 Å². The molecular weight excluding hydrogens is 352 g/mol. The first-order chi connectivity index (χ1) is 13.5. The van der Waals surface area contributed by atoms with Crippen molar-refractivity contribution >= 4 is 33.5 Å². The largest absolute Gasteiger partial charge is 0.462 e. The fraction of sp³-hybridized carbons (Fsp3) is 0.333. The van der Waals surface area contributed by atoms with Crippen LogP contribution in [0.5, 0.6) is 0 Å². The number of carbonyl (C=O) groups excluding carboxylic acids is 2. The first kappa shape index (κ1) is 19.9. The van der Waals surface area contributed by atoms with E-state index in [4.69, 9.17) is 9.47 Å². The van der Waals surface area contributed by atoms with Crippen molar-refractivity contribution in [3.05, 3.63) is 58.7 Å². The Kier molecular flexibility index (Phi) is 5.98. The number of carbonyl (C=O) groups is 2. The second-order valence-corrected chi connectivity index (χ2v) is 7.12. The van der Waals surface area contributed by atoms with Crippen LogP contribution in [0.25, 0.3) is 21.5 Å². The van der Waals surface area contributed by atoms with Gasteiger partial charge < -0.3 is 9.47 Å². The zero-order valence-electron chi connectivity index (χ0n) is 16.9. The van der Waals surface area contributed by atoms with Crippen molar-refractivity contribution in [1.29, 1.82) is 0 Å². The van der Waals surface area contributed by atoms with Gasteiger partial charge in [-0.3, -0.25) is 0 Å². The molecule has 0 saturated heterocycles. The first-order valence-electron chi connectivity index (χ1n) is 9.78. The average Bonchev–Trinajstić information content (AvgIpc) is 2.68. The van der Waals surface area contributed by atoms with Gasteiger partial charge in [0.15, 0.2) is 0 Å². The lowest BCUT2D eigenvalue weighted by atomic mass is 9.90. The number of hydrogen-bond acceptors (Lipinski definition) is 4. The summed E-state index contributed by atoms with van der Waals surface area (Å²) in [5.74, 6) is -0.723. The average molecular weight is 378 g/mol. The molecule has 3 aromatic rings. The van der Waals surface area contributed by atoms with Gasteiger partial charge in [-0.15, -0.1) is 0 Å². The highest BCUT2D eigenvalue weighted by Crippen LogP contribution is 2.35. The summed E-state index contributed by atoms with van der Waals surface area (Å²) in [5, 5.41) is 2.88. The van der Waals surface area contributed by atoms with Gasteiger partial charge in [0.25, 0.3) is 0 Å². The van der Waals surface area contributed by atoms with Crippen molar-refractivity contribution in [2.24, 2.45) is 0 Å². The van der Waals surface area contributed by atoms with Gasteiger partial charge in [-0.25, -0.2) is 9.59 Å². The monoisotopic (exact) mass is 378 g/mol. The predicted molar refractivity (Wildman–Crippen MR) is 112 cm³/mol. The molecule has 0 amide bonds. The van der Waals surface area contributed by atoms with Crippen LogP contribution in [-0.4, -0.2) is 25.2 Å². The van der Waals surface area contributed by atoms with Crippen molar-refractivity contribution in [1.82, 2.24) is 0 Å². The number of rotatable bonds is 6. The molecule has 0 aromatic heterocycles. The highest BCUT2D eigenvalue weighted by Gasteiger charge is 2.24. The Hall–Kier alpha value is -2.88. The molecule has 3 aromatic carbocycles. The highest BCUT2D eigenvalue weighted by atomic mass is 16.5. The minimum Gasteiger partial charge on any atom is -0.462 e. The zero-order valence-corrected chi connectivity index (χ0v) is 16.9. The van der Waals surface area contributed by atoms with E-state index in [1.807, 2.05) is 64.1 Å². The maximum absolute atomic E-state index is 13.0. The van der Waals surface area contributed by atoms with Crippen LogP contribution in [0.2, 0.25) is 0 Å². The van der Waals surface area contributed by atoms with Gasteiger partial charge in [0, 0.05) is 0 Å². The lowest BCUT2D eigenvalue weighted by molar-refractivity contribution is 0.0497. The molecular formula is C24H26O4. The third-order valence-corrected chi connectivity index (χ3v) is 4.71. The zero-order chi connectivity index (χ0) is 20.3. The lowest BCUT2D eigenvalue weighted by Crippen LogP contribution is -2.12. The maximum atomic E-state index is 13.0. The smallest absolute Gasteiger partial charge is 0.339 e. The molecule has 0 atom stereocenters. The van der Waals surface area contributed by atoms with Crippen molar-refractivity contribution in [3.8, 4) is 0 Å². The Morgan fingerprint density at radius 2 is 1.07 bits per heavy atom. The highest BCUT2D eigenvalue weighted by molar-refractivity contribution is 6.24. The number of ether oxygens (including phenoxy) is 2. The third kappa shape index (κ3) is 3.72. The summed E-state index contributed by atoms with van der Waals surface area (Å²) in [4.78, 5) is 25.9. The predicted octanol–water partition coefficient (Wildman–Crippen LogP) is 5.74. The van der Waals surface area contributed by atoms with E-state index < -0.39 is 0 Å². The summed E-state index contributed by atoms with van der Waals surface area (Å²) in [6.07, 6.45) is 1.50. The summed E-state index contributed by atoms with van der Waals surface area (Å²) in [6.45, 7) is 8.58. The number of hydrogen-bond donors (Lipinski definition) is 0. The molecule has 4 nitrogen and oxygen atoms in total. The number of aryl methyl sites for hydroxylation is 2. The van der Waals surface area contributed by atoms with Crippen LogP contribution in [0.15, 0.2) is 36.4 Å². The number of esters is 2. The molecule has 0 bridgehead atoms. The molecule has 0 spiro atoms. The molecule has 0 unspecified atom stereocenters. The van der Waals surface area contributed by atoms with Crippen molar-refractivity contribution < 1.29 is 19.1 Å². The normalized spacial score (nSPS) is 11.0. The third-order valence-electron chi connectivity index (χ3n) is 4.71. The molecule has 0 aliphatic carbocycles. The Labute approximate surface area is 165 Å². The summed E-state index contributed by atoms with van der Waals surface area (Å²) < 4.78 is 10.9. The minimum atomic E-state index is -0.363. The fourth-order valence-electron chi connectivity index (χ4n) is 3.43. The van der Waals surface area contributed by atoms with E-state index >= 15 is 0 Å². The molecule has 0 aliphatic rings. The summed E-state index contributed by atoms with van der Waals surface area (Å²) in [6, 6.07) is 11.6. The van der Waals surface area contributed by atoms with Crippen LogP contribution in [0.3, 0.4) is 0 Å². The second-order valence-electron chi connectivity index (χ2n) is 7.12. The first-order valence-corrected chi connectivity index (χ1v) is 9.78. The van der Waals surface area contributed by atoms with E-state index in [9.17, 15) is 9.59 Å². The molecule has 0 saturated carbocycles. The fourth-order valence-corrected chi connectivity index (χ4v) is 3.43. The van der Waals surface area contributed by atoms with Crippen molar-refractivity contribution in [2.75, 3.05) is 13.2 Å². The Morgan fingerprint density at radius 3 is 1.46 bits per heavy atom. The van der Waals surface area contributed by atoms with Crippen LogP contribution in [0.4, 0.5) is 0 Å². The van der Waals surface area contributed by atoms with Gasteiger partial charge >= 0.3 is 11.9 Å². The molecule has 3 rings (SSSR count). The molecule has 0 fully saturated rings. The summed E-state index contributed by atoms with van der Waals surface area (Å²) in [5.41, 5.74) is 3.04. The Morgan fingerprint density at radius 1 is 0.679 bits per heavy atom. The van der Waals surface area contributed by atoms with Crippen LogP contribution >= 0.6 is 0 Å². The SMILES string of the molecule is CCCOC(=O)c1c2ccc(C)cc2c(C(=O)OCCC)c2cc(C)ccc12. The molecule has 0 radical (unpaired) electrons. The van der Waals surface area contributed by atoms with Gasteiger partial charge in [0.05, 0.1) is 24.3 Å². The van der Waals surface area contributed by atoms with Gasteiger partial charge in [0.1, 0.15) is 0 Å². The standard InChI is InChI=1S/C24H26O4/c1-5-11-27-23(25)21-17-9-7-15(3)13-19(17)22(24(26)28-12-6-2)20-14-16(4)8-10-18(20)21/h7-10,13-14H,5-6,11-12H2,1-4H3. The van der Waals surface area contributed by atoms with E-state index in [2.05, 4.69) is 0 Å². The van der Waals surface area contributed by atoms with E-state index in [0.29, 0.717) is 35.1 Å². The van der Waals surface area contributed by atoms with E-state index in [-0.39, 0.29) is 11.9 Å². The van der Waals surface area contributed by atoms with Gasteiger partial charge in [-0.05, 0) is 48.2 Å². The lowest BCUT2D eigenvalue weighted by Gasteiger charge is -2.16. The van der Waals surface area contributed by atoms with Crippen LogP contribution in [0, 0.1) is 13.8 Å². The molecule has 0 aliphatic heterocycles. The topological polar surface area (TPSA) is 52.6 Å². The summed E-state index contributed by atoms with van der Waals surface area (Å²) in [7, 11) is 0. The van der Waals surface area contributed by atoms with Crippen molar-refractivity contribution in [3.63, 3.8) is 0 Å². The second kappa shape index (κ2) is 8.42. The molecule has 28 heavy (non-hydrogen) atoms. The quantitative estimate of drug-likeness (QED) is 0.405. The minimum absolute atomic E-state index is 0.360. The number of fused-ring (bicyclic) bond motifs is 2. The molecule has 4 heteroatoms. The maximum Gasteiger partial charge on any atom is 0.339 e. The van der Waals surface area contributed by atoms with Crippen LogP contribution in [-0.2, 0) is 9.47 Å². The van der Waals surface area contributed by atoms with E-state index in [1.54, 1.807) is 0 Å². The van der Waals surface area contributed by atoms with Gasteiger partial charge in [-0.2, -0.15) is 0 Å². The van der Waals surface area contributed by atoms with E-state index in [0.717, 1.165) is 34.7 Å². The Bertz CT molecular complexity index is 987. The number of benzene rings is 3. The molecule has 0 heterocycles. The van der Waals surface area contributed by atoms with Crippen LogP contribution in [0.1, 0.15) is 58.5 Å². The van der Waals surface area contributed by atoms with Gasteiger partial charge in [0.2, 0.25) is 0 Å². The van der Waals surface area contributed by atoms with Crippen LogP contribution < -0.4 is 0 Å².